The van der Waals surface area contributed by atoms with Crippen LogP contribution in [-0.2, 0) is 0 Å². The number of unbranched alkanes of at least 4 members (excludes halogenated alkanes) is 2. The molecule has 0 amide bonds. The molecule has 3 nitrogen and oxygen atoms in total. The van der Waals surface area contributed by atoms with Gasteiger partial charge in [-0.15, -0.1) is 0 Å². The largest absolute Gasteiger partial charge is 0.494 e. The maximum atomic E-state index is 13.7. The topological polar surface area (TPSA) is 38.5 Å². The Labute approximate surface area is 115 Å². The second-order valence-corrected chi connectivity index (χ2v) is 4.83. The summed E-state index contributed by atoms with van der Waals surface area (Å²) in [5.74, 6) is -0.0615. The SMILES string of the molecule is CCCCCN(C)C(CN)c1ccc(OC)c(F)c1. The predicted octanol–water partition coefficient (Wildman–Crippen LogP) is 2.96. The molecule has 2 N–H and O–H groups in total. The number of benzene rings is 1. The smallest absolute Gasteiger partial charge is 0.165 e. The molecule has 0 heterocycles. The van der Waals surface area contributed by atoms with Crippen LogP contribution in [0.1, 0.15) is 37.8 Å². The Morgan fingerprint density at radius 3 is 2.63 bits per heavy atom. The van der Waals surface area contributed by atoms with Crippen LogP contribution in [0.3, 0.4) is 0 Å². The third-order valence-electron chi connectivity index (χ3n) is 3.43. The number of rotatable bonds is 8. The van der Waals surface area contributed by atoms with E-state index in [-0.39, 0.29) is 17.6 Å². The van der Waals surface area contributed by atoms with Crippen LogP contribution in [0.5, 0.6) is 5.75 Å². The first kappa shape index (κ1) is 15.9. The van der Waals surface area contributed by atoms with Crippen LogP contribution in [0.15, 0.2) is 18.2 Å². The van der Waals surface area contributed by atoms with E-state index >= 15 is 0 Å². The molecule has 1 rings (SSSR count). The van der Waals surface area contributed by atoms with Crippen molar-refractivity contribution in [1.82, 2.24) is 4.90 Å². The molecule has 108 valence electrons. The van der Waals surface area contributed by atoms with Gasteiger partial charge in [0.2, 0.25) is 0 Å². The third-order valence-corrected chi connectivity index (χ3v) is 3.43. The molecule has 4 heteroatoms. The van der Waals surface area contributed by atoms with Gasteiger partial charge in [0.05, 0.1) is 7.11 Å². The highest BCUT2D eigenvalue weighted by Gasteiger charge is 2.16. The molecule has 0 aliphatic rings. The van der Waals surface area contributed by atoms with Crippen LogP contribution >= 0.6 is 0 Å². The van der Waals surface area contributed by atoms with E-state index in [2.05, 4.69) is 11.8 Å². The normalized spacial score (nSPS) is 12.7. The molecule has 0 radical (unpaired) electrons. The van der Waals surface area contributed by atoms with Crippen molar-refractivity contribution in [3.8, 4) is 5.75 Å². The van der Waals surface area contributed by atoms with E-state index in [0.29, 0.717) is 6.54 Å². The fraction of sp³-hybridized carbons (Fsp3) is 0.600. The summed E-state index contributed by atoms with van der Waals surface area (Å²) in [6, 6.07) is 5.12. The highest BCUT2D eigenvalue weighted by Crippen LogP contribution is 2.24. The summed E-state index contributed by atoms with van der Waals surface area (Å²) in [4.78, 5) is 2.19. The Kier molecular flexibility index (Phi) is 6.81. The Morgan fingerprint density at radius 1 is 1.37 bits per heavy atom. The number of nitrogens with two attached hydrogens (primary N) is 1. The van der Waals surface area contributed by atoms with Crippen molar-refractivity contribution in [2.24, 2.45) is 5.73 Å². The molecule has 0 spiro atoms. The van der Waals surface area contributed by atoms with Crippen molar-refractivity contribution in [3.05, 3.63) is 29.6 Å². The van der Waals surface area contributed by atoms with Gasteiger partial charge < -0.3 is 10.5 Å². The summed E-state index contributed by atoms with van der Waals surface area (Å²) in [5, 5.41) is 0. The lowest BCUT2D eigenvalue weighted by Crippen LogP contribution is -2.31. The van der Waals surface area contributed by atoms with Crippen molar-refractivity contribution < 1.29 is 9.13 Å². The number of hydrogen-bond acceptors (Lipinski definition) is 3. The average molecular weight is 268 g/mol. The lowest BCUT2D eigenvalue weighted by Gasteiger charge is -2.27. The number of halogens is 1. The molecule has 0 bridgehead atoms. The van der Waals surface area contributed by atoms with Crippen molar-refractivity contribution in [3.63, 3.8) is 0 Å². The van der Waals surface area contributed by atoms with E-state index in [1.54, 1.807) is 6.07 Å². The van der Waals surface area contributed by atoms with Gasteiger partial charge in [-0.25, -0.2) is 4.39 Å². The van der Waals surface area contributed by atoms with E-state index in [0.717, 1.165) is 18.5 Å². The van der Waals surface area contributed by atoms with Crippen molar-refractivity contribution in [2.75, 3.05) is 27.2 Å². The molecule has 0 saturated carbocycles. The van der Waals surface area contributed by atoms with Crippen molar-refractivity contribution in [2.45, 2.75) is 32.2 Å². The average Bonchev–Trinajstić information content (AvgIpc) is 2.40. The monoisotopic (exact) mass is 268 g/mol. The van der Waals surface area contributed by atoms with Crippen molar-refractivity contribution in [1.29, 1.82) is 0 Å². The molecular formula is C15H25FN2O. The molecule has 19 heavy (non-hydrogen) atoms. The second-order valence-electron chi connectivity index (χ2n) is 4.83. The first-order valence-corrected chi connectivity index (χ1v) is 6.87. The van der Waals surface area contributed by atoms with Gasteiger partial charge >= 0.3 is 0 Å². The molecule has 0 aliphatic heterocycles. The fourth-order valence-electron chi connectivity index (χ4n) is 2.23. The third kappa shape index (κ3) is 4.48. The van der Waals surface area contributed by atoms with Gasteiger partial charge in [0.25, 0.3) is 0 Å². The van der Waals surface area contributed by atoms with Gasteiger partial charge in [0.1, 0.15) is 0 Å². The van der Waals surface area contributed by atoms with E-state index in [1.807, 2.05) is 13.1 Å². The molecule has 1 unspecified atom stereocenters. The van der Waals surface area contributed by atoms with Gasteiger partial charge in [-0.3, -0.25) is 4.90 Å². The summed E-state index contributed by atoms with van der Waals surface area (Å²) in [7, 11) is 3.50. The van der Waals surface area contributed by atoms with E-state index < -0.39 is 0 Å². The lowest BCUT2D eigenvalue weighted by atomic mass is 10.0. The number of hydrogen-bond donors (Lipinski definition) is 1. The quantitative estimate of drug-likeness (QED) is 0.737. The highest BCUT2D eigenvalue weighted by atomic mass is 19.1. The number of likely N-dealkylation sites (N-methyl/N-ethyl adjacent to an activating group) is 1. The van der Waals surface area contributed by atoms with Gasteiger partial charge in [-0.05, 0) is 37.7 Å². The number of methoxy groups -OCH3 is 1. The van der Waals surface area contributed by atoms with Crippen LogP contribution in [0.25, 0.3) is 0 Å². The van der Waals surface area contributed by atoms with Crippen LogP contribution in [0, 0.1) is 5.82 Å². The number of ether oxygens (including phenoxy) is 1. The Balaban J connectivity index is 2.75. The zero-order valence-corrected chi connectivity index (χ0v) is 12.2. The maximum Gasteiger partial charge on any atom is 0.165 e. The molecule has 1 aromatic rings. The van der Waals surface area contributed by atoms with Gasteiger partial charge in [0, 0.05) is 12.6 Å². The van der Waals surface area contributed by atoms with Crippen LogP contribution in [-0.4, -0.2) is 32.1 Å². The Morgan fingerprint density at radius 2 is 2.11 bits per heavy atom. The van der Waals surface area contributed by atoms with E-state index in [9.17, 15) is 4.39 Å². The predicted molar refractivity (Wildman–Crippen MR) is 76.9 cm³/mol. The van der Waals surface area contributed by atoms with Gasteiger partial charge in [0.15, 0.2) is 11.6 Å². The van der Waals surface area contributed by atoms with Crippen LogP contribution < -0.4 is 10.5 Å². The zero-order valence-electron chi connectivity index (χ0n) is 12.2. The second kappa shape index (κ2) is 8.12. The Bertz CT molecular complexity index is 384. The van der Waals surface area contributed by atoms with Gasteiger partial charge in [-0.1, -0.05) is 25.8 Å². The molecule has 0 fully saturated rings. The Hall–Kier alpha value is -1.13. The number of nitrogens with zero attached hydrogens (tertiary/aromatic N) is 1. The highest BCUT2D eigenvalue weighted by molar-refractivity contribution is 5.31. The molecule has 1 aromatic carbocycles. The summed E-state index contributed by atoms with van der Waals surface area (Å²) >= 11 is 0. The summed E-state index contributed by atoms with van der Waals surface area (Å²) in [5.41, 5.74) is 6.74. The molecule has 0 aliphatic carbocycles. The van der Waals surface area contributed by atoms with Crippen LogP contribution in [0.2, 0.25) is 0 Å². The standard InChI is InChI=1S/C15H25FN2O/c1-4-5-6-9-18(2)14(11-17)12-7-8-15(19-3)13(16)10-12/h7-8,10,14H,4-6,9,11,17H2,1-3H3. The van der Waals surface area contributed by atoms with Crippen molar-refractivity contribution >= 4 is 0 Å². The first-order chi connectivity index (χ1) is 9.13. The molecule has 0 saturated heterocycles. The van der Waals surface area contributed by atoms with E-state index in [1.165, 1.54) is 26.0 Å². The van der Waals surface area contributed by atoms with Gasteiger partial charge in [-0.2, -0.15) is 0 Å². The minimum absolute atomic E-state index is 0.0530. The first-order valence-electron chi connectivity index (χ1n) is 6.87. The lowest BCUT2D eigenvalue weighted by molar-refractivity contribution is 0.244. The fourth-order valence-corrected chi connectivity index (χ4v) is 2.23. The minimum Gasteiger partial charge on any atom is -0.494 e. The zero-order chi connectivity index (χ0) is 14.3. The molecular weight excluding hydrogens is 243 g/mol. The van der Waals surface area contributed by atoms with Crippen LogP contribution in [0.4, 0.5) is 4.39 Å². The summed E-state index contributed by atoms with van der Waals surface area (Å²) in [6.07, 6.45) is 3.54. The summed E-state index contributed by atoms with van der Waals surface area (Å²) in [6.45, 7) is 3.64. The maximum absolute atomic E-state index is 13.7. The molecule has 0 aromatic heterocycles. The minimum atomic E-state index is -0.333. The van der Waals surface area contributed by atoms with E-state index in [4.69, 9.17) is 10.5 Å². The summed E-state index contributed by atoms with van der Waals surface area (Å²) < 4.78 is 18.7. The molecule has 1 atom stereocenters.